The Morgan fingerprint density at radius 1 is 1.56 bits per heavy atom. The highest BCUT2D eigenvalue weighted by molar-refractivity contribution is 6.34. The molecule has 0 aromatic carbocycles. The maximum Gasteiger partial charge on any atom is 0.146 e. The Morgan fingerprint density at radius 2 is 2.31 bits per heavy atom. The molecule has 2 N–H and O–H groups in total. The van der Waals surface area contributed by atoms with Crippen LogP contribution in [0.3, 0.4) is 0 Å². The minimum atomic E-state index is 0.390. The summed E-state index contributed by atoms with van der Waals surface area (Å²) in [5.41, 5.74) is 0.445. The van der Waals surface area contributed by atoms with Crippen LogP contribution in [0.2, 0.25) is 5.02 Å². The molecule has 1 rings (SSSR count). The first-order chi connectivity index (χ1) is 7.69. The number of hydrogen-bond donors (Lipinski definition) is 2. The highest BCUT2D eigenvalue weighted by Crippen LogP contribution is 2.22. The number of hydrogen-bond acceptors (Lipinski definition) is 4. The lowest BCUT2D eigenvalue weighted by Gasteiger charge is -2.13. The predicted octanol–water partition coefficient (Wildman–Crippen LogP) is 1.87. The second-order valence-corrected chi connectivity index (χ2v) is 4.05. The van der Waals surface area contributed by atoms with Crippen LogP contribution in [0.25, 0.3) is 0 Å². The third-order valence-electron chi connectivity index (χ3n) is 2.18. The monoisotopic (exact) mass is 238 g/mol. The topological polar surface area (TPSA) is 60.7 Å². The fraction of sp³-hybridized carbons (Fsp3) is 0.455. The number of pyridine rings is 1. The molecule has 5 heteroatoms. The summed E-state index contributed by atoms with van der Waals surface area (Å²) in [5.74, 6) is 1.04. The summed E-state index contributed by atoms with van der Waals surface area (Å²) >= 11 is 6.01. The van der Waals surface area contributed by atoms with Crippen molar-refractivity contribution in [2.75, 3.05) is 25.5 Å². The summed E-state index contributed by atoms with van der Waals surface area (Å²) in [7, 11) is 1.91. The van der Waals surface area contributed by atoms with Crippen LogP contribution < -0.4 is 10.6 Å². The number of nitrogens with one attached hydrogen (secondary N) is 2. The van der Waals surface area contributed by atoms with Crippen LogP contribution in [0.15, 0.2) is 12.3 Å². The van der Waals surface area contributed by atoms with Gasteiger partial charge in [-0.1, -0.05) is 18.5 Å². The third-order valence-corrected chi connectivity index (χ3v) is 2.56. The molecule has 0 aliphatic heterocycles. The molecule has 0 aliphatic rings. The first-order valence-electron chi connectivity index (χ1n) is 5.12. The Bertz CT molecular complexity index is 386. The van der Waals surface area contributed by atoms with E-state index in [1.807, 2.05) is 13.1 Å². The molecular formula is C11H15ClN4. The molecule has 0 aliphatic carbocycles. The number of anilines is 1. The van der Waals surface area contributed by atoms with Gasteiger partial charge in [0, 0.05) is 12.7 Å². The summed E-state index contributed by atoms with van der Waals surface area (Å²) in [4.78, 5) is 4.10. The van der Waals surface area contributed by atoms with E-state index in [9.17, 15) is 0 Å². The summed E-state index contributed by atoms with van der Waals surface area (Å²) in [5, 5.41) is 15.4. The molecule has 1 heterocycles. The molecule has 0 bridgehead atoms. The van der Waals surface area contributed by atoms with Crippen molar-refractivity contribution in [1.29, 1.82) is 5.26 Å². The molecule has 0 radical (unpaired) electrons. The van der Waals surface area contributed by atoms with E-state index < -0.39 is 0 Å². The number of halogens is 1. The quantitative estimate of drug-likeness (QED) is 0.822. The lowest BCUT2D eigenvalue weighted by molar-refractivity contribution is 0.569. The normalized spacial score (nSPS) is 11.9. The van der Waals surface area contributed by atoms with E-state index in [0.29, 0.717) is 22.3 Å². The summed E-state index contributed by atoms with van der Waals surface area (Å²) in [6.45, 7) is 3.80. The van der Waals surface area contributed by atoms with Crippen LogP contribution in [-0.4, -0.2) is 25.1 Å². The highest BCUT2D eigenvalue weighted by Gasteiger charge is 2.07. The lowest BCUT2D eigenvalue weighted by Crippen LogP contribution is -2.23. The number of aromatic nitrogens is 1. The van der Waals surface area contributed by atoms with Gasteiger partial charge in [0.25, 0.3) is 0 Å². The van der Waals surface area contributed by atoms with Gasteiger partial charge in [0.1, 0.15) is 16.9 Å². The molecule has 4 nitrogen and oxygen atoms in total. The number of nitriles is 1. The molecular weight excluding hydrogens is 224 g/mol. The Labute approximate surface area is 101 Å². The standard InChI is InChI=1S/C11H15ClN4/c1-8(6-14-2)7-16-11-10(12)9(5-13)3-4-15-11/h3-4,8,14H,6-7H2,1-2H3,(H,15,16). The van der Waals surface area contributed by atoms with Crippen LogP contribution >= 0.6 is 11.6 Å². The smallest absolute Gasteiger partial charge is 0.146 e. The van der Waals surface area contributed by atoms with Gasteiger partial charge in [-0.15, -0.1) is 0 Å². The Hall–Kier alpha value is -1.31. The van der Waals surface area contributed by atoms with Crippen LogP contribution in [0.5, 0.6) is 0 Å². The molecule has 1 aromatic rings. The molecule has 0 fully saturated rings. The number of nitrogens with zero attached hydrogens (tertiary/aromatic N) is 2. The predicted molar refractivity (Wildman–Crippen MR) is 65.5 cm³/mol. The van der Waals surface area contributed by atoms with Crippen molar-refractivity contribution < 1.29 is 0 Å². The van der Waals surface area contributed by atoms with Crippen molar-refractivity contribution in [3.8, 4) is 6.07 Å². The van der Waals surface area contributed by atoms with E-state index >= 15 is 0 Å². The largest absolute Gasteiger partial charge is 0.368 e. The van der Waals surface area contributed by atoms with Crippen molar-refractivity contribution in [2.24, 2.45) is 5.92 Å². The van der Waals surface area contributed by atoms with Gasteiger partial charge in [0.2, 0.25) is 0 Å². The van der Waals surface area contributed by atoms with E-state index in [0.717, 1.165) is 13.1 Å². The molecule has 16 heavy (non-hydrogen) atoms. The van der Waals surface area contributed by atoms with Gasteiger partial charge in [-0.2, -0.15) is 5.26 Å². The minimum Gasteiger partial charge on any atom is -0.368 e. The zero-order valence-electron chi connectivity index (χ0n) is 9.42. The van der Waals surface area contributed by atoms with Crippen LogP contribution in [-0.2, 0) is 0 Å². The van der Waals surface area contributed by atoms with Gasteiger partial charge in [-0.05, 0) is 25.6 Å². The first kappa shape index (κ1) is 12.8. The Kier molecular flexibility index (Phi) is 5.03. The first-order valence-corrected chi connectivity index (χ1v) is 5.50. The van der Waals surface area contributed by atoms with E-state index in [-0.39, 0.29) is 0 Å². The van der Waals surface area contributed by atoms with Gasteiger partial charge in [-0.25, -0.2) is 4.98 Å². The fourth-order valence-corrected chi connectivity index (χ4v) is 1.57. The van der Waals surface area contributed by atoms with Crippen molar-refractivity contribution in [3.63, 3.8) is 0 Å². The van der Waals surface area contributed by atoms with E-state index in [2.05, 4.69) is 22.5 Å². The summed E-state index contributed by atoms with van der Waals surface area (Å²) in [6.07, 6.45) is 1.58. The van der Waals surface area contributed by atoms with E-state index in [1.54, 1.807) is 12.3 Å². The van der Waals surface area contributed by atoms with Crippen molar-refractivity contribution >= 4 is 17.4 Å². The second-order valence-electron chi connectivity index (χ2n) is 3.68. The van der Waals surface area contributed by atoms with Gasteiger partial charge in [0.05, 0.1) is 5.56 Å². The second kappa shape index (κ2) is 6.31. The van der Waals surface area contributed by atoms with Gasteiger partial charge in [0.15, 0.2) is 0 Å². The molecule has 0 amide bonds. The molecule has 86 valence electrons. The van der Waals surface area contributed by atoms with E-state index in [4.69, 9.17) is 16.9 Å². The molecule has 0 saturated heterocycles. The SMILES string of the molecule is CNCC(C)CNc1nccc(C#N)c1Cl. The lowest BCUT2D eigenvalue weighted by atomic mass is 10.2. The fourth-order valence-electron chi connectivity index (χ4n) is 1.34. The molecule has 0 spiro atoms. The van der Waals surface area contributed by atoms with Crippen LogP contribution in [0.1, 0.15) is 12.5 Å². The highest BCUT2D eigenvalue weighted by atomic mass is 35.5. The average molecular weight is 239 g/mol. The van der Waals surface area contributed by atoms with Crippen LogP contribution in [0, 0.1) is 17.2 Å². The molecule has 1 atom stereocenters. The number of rotatable bonds is 5. The van der Waals surface area contributed by atoms with Crippen molar-refractivity contribution in [1.82, 2.24) is 10.3 Å². The van der Waals surface area contributed by atoms with Gasteiger partial charge >= 0.3 is 0 Å². The van der Waals surface area contributed by atoms with Gasteiger partial charge < -0.3 is 10.6 Å². The summed E-state index contributed by atoms with van der Waals surface area (Å²) < 4.78 is 0. The summed E-state index contributed by atoms with van der Waals surface area (Å²) in [6, 6.07) is 3.63. The third kappa shape index (κ3) is 3.37. The zero-order chi connectivity index (χ0) is 12.0. The Balaban J connectivity index is 2.64. The van der Waals surface area contributed by atoms with Crippen LogP contribution in [0.4, 0.5) is 5.82 Å². The maximum atomic E-state index is 8.80. The van der Waals surface area contributed by atoms with Crippen molar-refractivity contribution in [3.05, 3.63) is 22.8 Å². The zero-order valence-corrected chi connectivity index (χ0v) is 10.2. The average Bonchev–Trinajstić information content (AvgIpc) is 2.28. The minimum absolute atomic E-state index is 0.390. The molecule has 1 aromatic heterocycles. The van der Waals surface area contributed by atoms with Gasteiger partial charge in [-0.3, -0.25) is 0 Å². The Morgan fingerprint density at radius 3 is 2.94 bits per heavy atom. The maximum absolute atomic E-state index is 8.80. The molecule has 1 unspecified atom stereocenters. The molecule has 0 saturated carbocycles. The van der Waals surface area contributed by atoms with E-state index in [1.165, 1.54) is 0 Å². The van der Waals surface area contributed by atoms with Crippen molar-refractivity contribution in [2.45, 2.75) is 6.92 Å².